The molecule has 1 unspecified atom stereocenters. The fourth-order valence-corrected chi connectivity index (χ4v) is 2.60. The molecule has 0 amide bonds. The topological polar surface area (TPSA) is 75.2 Å². The molecule has 1 aromatic heterocycles. The molecule has 2 aromatic rings. The van der Waals surface area contributed by atoms with Gasteiger partial charge in [0.05, 0.1) is 24.8 Å². The van der Waals surface area contributed by atoms with E-state index in [1.807, 2.05) is 30.3 Å². The Bertz CT molecular complexity index is 655. The van der Waals surface area contributed by atoms with Crippen molar-refractivity contribution in [1.82, 2.24) is 4.98 Å². The van der Waals surface area contributed by atoms with Crippen LogP contribution in [0.5, 0.6) is 0 Å². The van der Waals surface area contributed by atoms with Crippen molar-refractivity contribution >= 4 is 22.6 Å². The number of nitrogen functional groups attached to an aromatic ring is 1. The third kappa shape index (κ3) is 2.20. The second-order valence-electron chi connectivity index (χ2n) is 5.08. The van der Waals surface area contributed by atoms with E-state index in [2.05, 4.69) is 11.8 Å². The number of rotatable bonds is 2. The zero-order valence-electron chi connectivity index (χ0n) is 11.5. The van der Waals surface area contributed by atoms with Gasteiger partial charge in [-0.3, -0.25) is 5.41 Å². The van der Waals surface area contributed by atoms with Crippen molar-refractivity contribution in [3.63, 3.8) is 0 Å². The number of nitrogens with two attached hydrogens (primary N) is 1. The van der Waals surface area contributed by atoms with Crippen LogP contribution in [-0.4, -0.2) is 36.6 Å². The minimum Gasteiger partial charge on any atom is -0.384 e. The standard InChI is InChI=1S/C15H18N4O/c1-10-9-20-7-6-19(10)14-8-12(15(16)17)11-4-2-3-5-13(11)18-14/h2-5,8,10H,6-7,9H2,1H3,(H3,16,17). The SMILES string of the molecule is CC1COCCN1c1cc(C(=N)N)c2ccccc2n1. The summed E-state index contributed by atoms with van der Waals surface area (Å²) in [4.78, 5) is 6.92. The molecule has 0 aliphatic carbocycles. The van der Waals surface area contributed by atoms with Crippen molar-refractivity contribution in [2.24, 2.45) is 5.73 Å². The van der Waals surface area contributed by atoms with Gasteiger partial charge in [0, 0.05) is 17.5 Å². The number of para-hydroxylation sites is 1. The summed E-state index contributed by atoms with van der Waals surface area (Å²) in [5, 5.41) is 8.71. The normalized spacial score (nSPS) is 19.2. The van der Waals surface area contributed by atoms with E-state index in [0.717, 1.165) is 28.8 Å². The summed E-state index contributed by atoms with van der Waals surface area (Å²) in [5.41, 5.74) is 7.33. The first-order chi connectivity index (χ1) is 9.66. The van der Waals surface area contributed by atoms with Crippen molar-refractivity contribution < 1.29 is 4.74 Å². The Balaban J connectivity index is 2.14. The Hall–Kier alpha value is -2.14. The Morgan fingerprint density at radius 3 is 3.00 bits per heavy atom. The maximum Gasteiger partial charge on any atom is 0.130 e. The fraction of sp³-hybridized carbons (Fsp3) is 0.333. The molecule has 104 valence electrons. The number of nitrogens with zero attached hydrogens (tertiary/aromatic N) is 2. The Labute approximate surface area is 117 Å². The molecule has 3 rings (SSSR count). The summed E-state index contributed by atoms with van der Waals surface area (Å²) in [5.74, 6) is 0.940. The minimum atomic E-state index is 0.0748. The molecule has 5 nitrogen and oxygen atoms in total. The van der Waals surface area contributed by atoms with Crippen molar-refractivity contribution in [3.8, 4) is 0 Å². The van der Waals surface area contributed by atoms with Crippen LogP contribution in [0.2, 0.25) is 0 Å². The van der Waals surface area contributed by atoms with E-state index in [-0.39, 0.29) is 11.9 Å². The second kappa shape index (κ2) is 5.09. The quantitative estimate of drug-likeness (QED) is 0.644. The fourth-order valence-electron chi connectivity index (χ4n) is 2.60. The maximum atomic E-state index is 7.79. The number of morpholine rings is 1. The maximum absolute atomic E-state index is 7.79. The van der Waals surface area contributed by atoms with Gasteiger partial charge in [0.1, 0.15) is 11.7 Å². The van der Waals surface area contributed by atoms with E-state index >= 15 is 0 Å². The lowest BCUT2D eigenvalue weighted by Gasteiger charge is -2.34. The zero-order valence-corrected chi connectivity index (χ0v) is 11.5. The number of hydrogen-bond acceptors (Lipinski definition) is 4. The smallest absolute Gasteiger partial charge is 0.130 e. The molecule has 0 bridgehead atoms. The lowest BCUT2D eigenvalue weighted by molar-refractivity contribution is 0.0986. The van der Waals surface area contributed by atoms with E-state index in [0.29, 0.717) is 13.2 Å². The van der Waals surface area contributed by atoms with Crippen molar-refractivity contribution in [1.29, 1.82) is 5.41 Å². The number of nitrogens with one attached hydrogen (secondary N) is 1. The number of pyridine rings is 1. The molecule has 2 heterocycles. The highest BCUT2D eigenvalue weighted by Crippen LogP contribution is 2.24. The lowest BCUT2D eigenvalue weighted by atomic mass is 10.1. The van der Waals surface area contributed by atoms with Gasteiger partial charge in [-0.15, -0.1) is 0 Å². The molecule has 0 spiro atoms. The first-order valence-corrected chi connectivity index (χ1v) is 6.75. The summed E-state index contributed by atoms with van der Waals surface area (Å²) < 4.78 is 5.46. The van der Waals surface area contributed by atoms with Gasteiger partial charge < -0.3 is 15.4 Å². The number of benzene rings is 1. The van der Waals surface area contributed by atoms with Gasteiger partial charge in [0.2, 0.25) is 0 Å². The average Bonchev–Trinajstić information content (AvgIpc) is 2.46. The zero-order chi connectivity index (χ0) is 14.1. The largest absolute Gasteiger partial charge is 0.384 e. The minimum absolute atomic E-state index is 0.0748. The molecular weight excluding hydrogens is 252 g/mol. The summed E-state index contributed by atoms with van der Waals surface area (Å²) in [7, 11) is 0. The van der Waals surface area contributed by atoms with Gasteiger partial charge in [0.25, 0.3) is 0 Å². The van der Waals surface area contributed by atoms with Gasteiger partial charge in [-0.25, -0.2) is 4.98 Å². The molecule has 20 heavy (non-hydrogen) atoms. The van der Waals surface area contributed by atoms with Crippen LogP contribution in [0.3, 0.4) is 0 Å². The Morgan fingerprint density at radius 1 is 1.45 bits per heavy atom. The highest BCUT2D eigenvalue weighted by atomic mass is 16.5. The highest BCUT2D eigenvalue weighted by Gasteiger charge is 2.21. The third-order valence-corrected chi connectivity index (χ3v) is 3.65. The van der Waals surface area contributed by atoms with Gasteiger partial charge in [-0.1, -0.05) is 18.2 Å². The number of hydrogen-bond donors (Lipinski definition) is 2. The van der Waals surface area contributed by atoms with E-state index in [1.165, 1.54) is 0 Å². The molecule has 1 aromatic carbocycles. The number of aromatic nitrogens is 1. The number of fused-ring (bicyclic) bond motifs is 1. The molecular formula is C15H18N4O. The Morgan fingerprint density at radius 2 is 2.25 bits per heavy atom. The summed E-state index contributed by atoms with van der Waals surface area (Å²) >= 11 is 0. The highest BCUT2D eigenvalue weighted by molar-refractivity contribution is 6.07. The molecule has 1 atom stereocenters. The molecule has 1 fully saturated rings. The van der Waals surface area contributed by atoms with Crippen molar-refractivity contribution in [2.75, 3.05) is 24.7 Å². The van der Waals surface area contributed by atoms with Crippen LogP contribution in [-0.2, 0) is 4.74 Å². The van der Waals surface area contributed by atoms with Crippen LogP contribution in [0.25, 0.3) is 10.9 Å². The van der Waals surface area contributed by atoms with Gasteiger partial charge in [-0.05, 0) is 19.1 Å². The van der Waals surface area contributed by atoms with E-state index in [1.54, 1.807) is 0 Å². The van der Waals surface area contributed by atoms with Crippen LogP contribution in [0.15, 0.2) is 30.3 Å². The number of amidine groups is 1. The van der Waals surface area contributed by atoms with Crippen LogP contribution in [0.1, 0.15) is 12.5 Å². The van der Waals surface area contributed by atoms with Gasteiger partial charge in [-0.2, -0.15) is 0 Å². The van der Waals surface area contributed by atoms with Gasteiger partial charge >= 0.3 is 0 Å². The molecule has 3 N–H and O–H groups in total. The van der Waals surface area contributed by atoms with Crippen molar-refractivity contribution in [2.45, 2.75) is 13.0 Å². The summed E-state index contributed by atoms with van der Waals surface area (Å²) in [6, 6.07) is 9.98. The summed E-state index contributed by atoms with van der Waals surface area (Å²) in [6.45, 7) is 4.32. The molecule has 1 saturated heterocycles. The monoisotopic (exact) mass is 270 g/mol. The molecule has 0 radical (unpaired) electrons. The van der Waals surface area contributed by atoms with Crippen LogP contribution < -0.4 is 10.6 Å². The number of anilines is 1. The predicted molar refractivity (Wildman–Crippen MR) is 80.4 cm³/mol. The van der Waals surface area contributed by atoms with Crippen LogP contribution in [0.4, 0.5) is 5.82 Å². The molecule has 5 heteroatoms. The van der Waals surface area contributed by atoms with Crippen molar-refractivity contribution in [3.05, 3.63) is 35.9 Å². The first kappa shape index (κ1) is 12.9. The third-order valence-electron chi connectivity index (χ3n) is 3.65. The van der Waals surface area contributed by atoms with E-state index in [4.69, 9.17) is 20.9 Å². The predicted octanol–water partition coefficient (Wildman–Crippen LogP) is 1.74. The van der Waals surface area contributed by atoms with Crippen LogP contribution >= 0.6 is 0 Å². The Kier molecular flexibility index (Phi) is 3.28. The molecule has 0 saturated carbocycles. The summed E-state index contributed by atoms with van der Waals surface area (Å²) in [6.07, 6.45) is 0. The number of ether oxygens (including phenoxy) is 1. The van der Waals surface area contributed by atoms with E-state index in [9.17, 15) is 0 Å². The first-order valence-electron chi connectivity index (χ1n) is 6.75. The second-order valence-corrected chi connectivity index (χ2v) is 5.08. The van der Waals surface area contributed by atoms with Gasteiger partial charge in [0.15, 0.2) is 0 Å². The molecule has 1 aliphatic rings. The van der Waals surface area contributed by atoms with Crippen LogP contribution in [0, 0.1) is 5.41 Å². The average molecular weight is 270 g/mol. The lowest BCUT2D eigenvalue weighted by Crippen LogP contribution is -2.44. The molecule has 1 aliphatic heterocycles. The van der Waals surface area contributed by atoms with E-state index < -0.39 is 0 Å².